The van der Waals surface area contributed by atoms with Gasteiger partial charge < -0.3 is 20.1 Å². The molecule has 0 aliphatic carbocycles. The van der Waals surface area contributed by atoms with Crippen molar-refractivity contribution < 1.29 is 18.5 Å². The number of primary amides is 1. The van der Waals surface area contributed by atoms with E-state index in [4.69, 9.17) is 15.2 Å². The summed E-state index contributed by atoms with van der Waals surface area (Å²) in [6.07, 6.45) is 1.37. The molecule has 0 unspecified atom stereocenters. The first-order valence-electron chi connectivity index (χ1n) is 7.59. The normalized spacial score (nSPS) is 16.5. The zero-order valence-corrected chi connectivity index (χ0v) is 14.8. The lowest BCUT2D eigenvalue weighted by Gasteiger charge is -2.26. The molecule has 3 rings (SSSR count). The van der Waals surface area contributed by atoms with Crippen LogP contribution in [-0.2, 0) is 9.73 Å². The molecule has 0 radical (unpaired) electrons. The third-order valence-electron chi connectivity index (χ3n) is 4.04. The molecular formula is C15H19N5O4S. The van der Waals surface area contributed by atoms with E-state index in [2.05, 4.69) is 14.3 Å². The molecular weight excluding hydrogens is 346 g/mol. The number of amides is 2. The number of benzene rings is 1. The van der Waals surface area contributed by atoms with Crippen molar-refractivity contribution in [1.82, 2.24) is 14.9 Å². The summed E-state index contributed by atoms with van der Waals surface area (Å²) < 4.78 is 28.0. The minimum absolute atomic E-state index is 0.259. The van der Waals surface area contributed by atoms with Gasteiger partial charge >= 0.3 is 6.03 Å². The van der Waals surface area contributed by atoms with Crippen molar-refractivity contribution >= 4 is 32.5 Å². The highest BCUT2D eigenvalue weighted by Gasteiger charge is 2.23. The Bertz CT molecular complexity index is 925. The summed E-state index contributed by atoms with van der Waals surface area (Å²) in [6.45, 7) is 0.635. The molecule has 25 heavy (non-hydrogen) atoms. The van der Waals surface area contributed by atoms with Gasteiger partial charge in [-0.05, 0) is 6.07 Å². The van der Waals surface area contributed by atoms with Crippen LogP contribution >= 0.6 is 0 Å². The molecule has 134 valence electrons. The van der Waals surface area contributed by atoms with Gasteiger partial charge in [-0.1, -0.05) is 0 Å². The lowest BCUT2D eigenvalue weighted by molar-refractivity contribution is 0.212. The Hall–Kier alpha value is -2.62. The third-order valence-corrected chi connectivity index (χ3v) is 6.19. The first-order chi connectivity index (χ1) is 12.0. The van der Waals surface area contributed by atoms with E-state index in [1.54, 1.807) is 19.2 Å². The number of rotatable bonds is 3. The Kier molecular flexibility index (Phi) is 4.62. The molecule has 10 heteroatoms. The van der Waals surface area contributed by atoms with Crippen molar-refractivity contribution in [2.45, 2.75) is 0 Å². The van der Waals surface area contributed by atoms with Crippen molar-refractivity contribution in [3.8, 4) is 11.5 Å². The van der Waals surface area contributed by atoms with E-state index >= 15 is 0 Å². The first kappa shape index (κ1) is 17.2. The first-order valence-corrected chi connectivity index (χ1v) is 9.45. The molecule has 9 nitrogen and oxygen atoms in total. The van der Waals surface area contributed by atoms with Gasteiger partial charge in [0.2, 0.25) is 0 Å². The Labute approximate surface area is 145 Å². The van der Waals surface area contributed by atoms with Crippen molar-refractivity contribution in [2.75, 3.05) is 38.8 Å². The van der Waals surface area contributed by atoms with Crippen LogP contribution in [-0.4, -0.2) is 63.9 Å². The highest BCUT2D eigenvalue weighted by Crippen LogP contribution is 2.34. The summed E-state index contributed by atoms with van der Waals surface area (Å²) in [5.74, 6) is 1.91. The Morgan fingerprint density at radius 2 is 1.84 bits per heavy atom. The maximum atomic E-state index is 13.0. The van der Waals surface area contributed by atoms with E-state index in [0.29, 0.717) is 41.3 Å². The van der Waals surface area contributed by atoms with Gasteiger partial charge in [-0.25, -0.2) is 19.0 Å². The molecule has 1 fully saturated rings. The molecule has 2 amide bonds. The smallest absolute Gasteiger partial charge is 0.314 e. The predicted octanol–water partition coefficient (Wildman–Crippen LogP) is 1.14. The summed E-state index contributed by atoms with van der Waals surface area (Å²) in [5, 5.41) is 0.625. The molecule has 2 N–H and O–H groups in total. The summed E-state index contributed by atoms with van der Waals surface area (Å²) >= 11 is 0. The average Bonchev–Trinajstić information content (AvgIpc) is 2.61. The van der Waals surface area contributed by atoms with Crippen LogP contribution in [0.5, 0.6) is 11.5 Å². The summed E-state index contributed by atoms with van der Waals surface area (Å²) in [6, 6.07) is 2.93. The van der Waals surface area contributed by atoms with Crippen molar-refractivity contribution in [3.63, 3.8) is 0 Å². The summed E-state index contributed by atoms with van der Waals surface area (Å²) in [7, 11) is 0.550. The van der Waals surface area contributed by atoms with Crippen LogP contribution in [0.3, 0.4) is 0 Å². The fourth-order valence-electron chi connectivity index (χ4n) is 2.63. The number of nitrogens with two attached hydrogens (primary N) is 1. The molecule has 2 aromatic rings. The zero-order chi connectivity index (χ0) is 18.0. The lowest BCUT2D eigenvalue weighted by Crippen LogP contribution is -2.46. The topological polar surface area (TPSA) is 120 Å². The number of urea groups is 1. The SMILES string of the molecule is COc1cc2ncnc(N=S3(=O)CCN(C(N)=O)CC3)c2cc1OC. The number of hydrogen-bond acceptors (Lipinski definition) is 7. The standard InChI is InChI=1S/C15H19N5O4S/c1-23-12-7-10-11(8-13(12)24-2)17-9-18-14(10)19-25(22)5-3-20(4-6-25)15(16)21/h7-9H,3-6H2,1-2H3,(H2,16,21). The van der Waals surface area contributed by atoms with Crippen LogP contribution in [0, 0.1) is 0 Å². The highest BCUT2D eigenvalue weighted by molar-refractivity contribution is 7.93. The van der Waals surface area contributed by atoms with E-state index < -0.39 is 15.8 Å². The van der Waals surface area contributed by atoms with Gasteiger partial charge in [0.05, 0.1) is 29.5 Å². The quantitative estimate of drug-likeness (QED) is 0.871. The highest BCUT2D eigenvalue weighted by atomic mass is 32.2. The molecule has 1 aromatic carbocycles. The number of carbonyl (C=O) groups is 1. The number of ether oxygens (including phenoxy) is 2. The van der Waals surface area contributed by atoms with E-state index in [1.165, 1.54) is 18.3 Å². The maximum Gasteiger partial charge on any atom is 0.314 e. The molecule has 1 aliphatic rings. The van der Waals surface area contributed by atoms with Crippen LogP contribution < -0.4 is 15.2 Å². The van der Waals surface area contributed by atoms with E-state index in [-0.39, 0.29) is 11.5 Å². The van der Waals surface area contributed by atoms with Crippen LogP contribution in [0.15, 0.2) is 22.8 Å². The van der Waals surface area contributed by atoms with Gasteiger partial charge in [0, 0.05) is 36.0 Å². The van der Waals surface area contributed by atoms with E-state index in [9.17, 15) is 9.00 Å². The van der Waals surface area contributed by atoms with Gasteiger partial charge in [-0.15, -0.1) is 0 Å². The number of methoxy groups -OCH3 is 2. The van der Waals surface area contributed by atoms with Gasteiger partial charge in [-0.3, -0.25) is 0 Å². The van der Waals surface area contributed by atoms with Gasteiger partial charge in [0.15, 0.2) is 17.3 Å². The summed E-state index contributed by atoms with van der Waals surface area (Å²) in [4.78, 5) is 21.1. The Morgan fingerprint density at radius 3 is 2.44 bits per heavy atom. The number of hydrogen-bond donors (Lipinski definition) is 1. The summed E-state index contributed by atoms with van der Waals surface area (Å²) in [5.41, 5.74) is 5.87. The largest absolute Gasteiger partial charge is 0.493 e. The number of nitrogens with zero attached hydrogens (tertiary/aromatic N) is 4. The molecule has 2 heterocycles. The monoisotopic (exact) mass is 365 g/mol. The van der Waals surface area contributed by atoms with E-state index in [0.717, 1.165) is 0 Å². The maximum absolute atomic E-state index is 13.0. The van der Waals surface area contributed by atoms with Gasteiger partial charge in [0.25, 0.3) is 0 Å². The molecule has 0 atom stereocenters. The Balaban J connectivity index is 2.04. The fourth-order valence-corrected chi connectivity index (χ4v) is 4.49. The van der Waals surface area contributed by atoms with Crippen LogP contribution in [0.4, 0.5) is 10.6 Å². The van der Waals surface area contributed by atoms with Crippen molar-refractivity contribution in [2.24, 2.45) is 10.1 Å². The zero-order valence-electron chi connectivity index (χ0n) is 14.0. The second-order valence-corrected chi connectivity index (χ2v) is 8.06. The predicted molar refractivity (Wildman–Crippen MR) is 93.8 cm³/mol. The van der Waals surface area contributed by atoms with Gasteiger partial charge in [-0.2, -0.15) is 4.36 Å². The van der Waals surface area contributed by atoms with Crippen LogP contribution in [0.1, 0.15) is 0 Å². The third kappa shape index (κ3) is 3.43. The fraction of sp³-hybridized carbons (Fsp3) is 0.400. The minimum atomic E-state index is -2.52. The van der Waals surface area contributed by atoms with Crippen molar-refractivity contribution in [3.05, 3.63) is 18.5 Å². The molecule has 1 saturated heterocycles. The minimum Gasteiger partial charge on any atom is -0.493 e. The van der Waals surface area contributed by atoms with Crippen molar-refractivity contribution in [1.29, 1.82) is 0 Å². The van der Waals surface area contributed by atoms with Crippen LogP contribution in [0.25, 0.3) is 10.9 Å². The molecule has 1 aromatic heterocycles. The Morgan fingerprint density at radius 1 is 1.20 bits per heavy atom. The number of fused-ring (bicyclic) bond motifs is 1. The van der Waals surface area contributed by atoms with E-state index in [1.807, 2.05) is 0 Å². The lowest BCUT2D eigenvalue weighted by atomic mass is 10.2. The van der Waals surface area contributed by atoms with Gasteiger partial charge in [0.1, 0.15) is 6.33 Å². The average molecular weight is 365 g/mol. The molecule has 1 aliphatic heterocycles. The number of aromatic nitrogens is 2. The second-order valence-electron chi connectivity index (χ2n) is 5.52. The molecule has 0 bridgehead atoms. The second kappa shape index (κ2) is 6.71. The molecule has 0 saturated carbocycles. The van der Waals surface area contributed by atoms with Crippen LogP contribution in [0.2, 0.25) is 0 Å². The number of carbonyl (C=O) groups excluding carboxylic acids is 1. The molecule has 0 spiro atoms.